The molecule has 16 nitrogen and oxygen atoms in total. The number of H-pyrrole nitrogens is 1. The Hall–Kier alpha value is -0.610. The van der Waals surface area contributed by atoms with Crippen molar-refractivity contribution >= 4 is 33.6 Å². The minimum atomic E-state index is -5.64. The molecule has 1 saturated heterocycles. The number of ether oxygens (including phenoxy) is 1. The average Bonchev–Trinajstić information content (AvgIpc) is 3.02. The van der Waals surface area contributed by atoms with Gasteiger partial charge in [0.05, 0.1) is 0 Å². The smallest absolute Gasteiger partial charge is 0.488 e. The molecular formula is C10H17N2O14P3S. The number of hydrogen-bond donors (Lipinski definition) is 6. The molecule has 2 rings (SSSR count). The second kappa shape index (κ2) is 9.48. The maximum atomic E-state index is 11.9. The lowest BCUT2D eigenvalue weighted by Gasteiger charge is -2.18. The number of nitrogens with zero attached hydrogens (tertiary/aromatic N) is 1. The molecule has 172 valence electrons. The molecule has 0 bridgehead atoms. The summed E-state index contributed by atoms with van der Waals surface area (Å²) in [7, 11) is -11.2. The molecule has 1 fully saturated rings. The Morgan fingerprint density at radius 3 is 2.50 bits per heavy atom. The van der Waals surface area contributed by atoms with Gasteiger partial charge in [0, 0.05) is 11.8 Å². The van der Waals surface area contributed by atoms with Crippen LogP contribution >= 0.6 is 22.4 Å². The van der Waals surface area contributed by atoms with Gasteiger partial charge in [0.1, 0.15) is 12.3 Å². The van der Waals surface area contributed by atoms with Crippen molar-refractivity contribution in [3.63, 3.8) is 0 Å². The van der Waals surface area contributed by atoms with Crippen molar-refractivity contribution in [2.45, 2.75) is 38.4 Å². The van der Waals surface area contributed by atoms with Crippen LogP contribution in [0.5, 0.6) is 0 Å². The van der Waals surface area contributed by atoms with Crippen molar-refractivity contribution in [1.29, 1.82) is 0 Å². The van der Waals surface area contributed by atoms with Gasteiger partial charge in [-0.1, -0.05) is 4.18 Å². The first-order valence-corrected chi connectivity index (χ1v) is 13.7. The normalized spacial score (nSPS) is 24.8. The van der Waals surface area contributed by atoms with Gasteiger partial charge in [-0.2, -0.15) is 4.31 Å². The van der Waals surface area contributed by atoms with E-state index in [-0.39, 0.29) is 18.4 Å². The second-order valence-electron chi connectivity index (χ2n) is 5.84. The van der Waals surface area contributed by atoms with E-state index in [0.29, 0.717) is 0 Å². The van der Waals surface area contributed by atoms with E-state index >= 15 is 0 Å². The Balaban J connectivity index is 2.03. The Morgan fingerprint density at radius 2 is 1.90 bits per heavy atom. The molecular weight excluding hydrogens is 497 g/mol. The number of phosphoric acid groups is 2. The van der Waals surface area contributed by atoms with E-state index in [9.17, 15) is 33.6 Å². The van der Waals surface area contributed by atoms with Crippen LogP contribution in [0.4, 0.5) is 0 Å². The van der Waals surface area contributed by atoms with Crippen molar-refractivity contribution < 1.29 is 56.2 Å². The molecule has 0 saturated carbocycles. The van der Waals surface area contributed by atoms with Crippen LogP contribution in [0.15, 0.2) is 15.8 Å². The van der Waals surface area contributed by atoms with E-state index in [1.54, 1.807) is 0 Å². The molecule has 0 spiro atoms. The predicted molar refractivity (Wildman–Crippen MR) is 96.8 cm³/mol. The fourth-order valence-corrected chi connectivity index (χ4v) is 6.84. The van der Waals surface area contributed by atoms with E-state index in [4.69, 9.17) is 19.4 Å². The molecule has 1 aliphatic rings. The fraction of sp³-hybridized carbons (Fsp3) is 0.600. The van der Waals surface area contributed by atoms with Crippen LogP contribution in [0.2, 0.25) is 0 Å². The molecule has 0 aromatic carbocycles. The van der Waals surface area contributed by atoms with Crippen molar-refractivity contribution in [3.8, 4) is 0 Å². The summed E-state index contributed by atoms with van der Waals surface area (Å²) in [5.41, 5.74) is -1.09. The molecule has 1 aliphatic heterocycles. The Bertz CT molecular complexity index is 1040. The molecule has 0 amide bonds. The van der Waals surface area contributed by atoms with Gasteiger partial charge in [-0.05, 0) is 19.8 Å². The molecule has 30 heavy (non-hydrogen) atoms. The number of aromatic nitrogens is 2. The largest absolute Gasteiger partial charge is 0.739 e. The summed E-state index contributed by atoms with van der Waals surface area (Å²) in [6.45, 7) is -3.72. The Labute approximate surface area is 170 Å². The van der Waals surface area contributed by atoms with Crippen LogP contribution in [0.1, 0.15) is 24.6 Å². The van der Waals surface area contributed by atoms with E-state index in [1.807, 2.05) is 0 Å². The van der Waals surface area contributed by atoms with Gasteiger partial charge in [0.15, 0.2) is 0 Å². The zero-order valence-corrected chi connectivity index (χ0v) is 18.3. The summed E-state index contributed by atoms with van der Waals surface area (Å²) in [5, 5.41) is 9.94. The highest BCUT2D eigenvalue weighted by atomic mass is 32.5. The number of hydrogen-bond acceptors (Lipinski definition) is 10. The van der Waals surface area contributed by atoms with E-state index in [2.05, 4.69) is 17.8 Å². The maximum Gasteiger partial charge on any atom is 0.488 e. The Morgan fingerprint density at radius 1 is 1.27 bits per heavy atom. The van der Waals surface area contributed by atoms with Crippen LogP contribution in [-0.4, -0.2) is 46.6 Å². The van der Waals surface area contributed by atoms with Gasteiger partial charge in [-0.15, -0.1) is 0 Å². The summed E-state index contributed by atoms with van der Waals surface area (Å²) in [6.07, 6.45) is -2.28. The first kappa shape index (κ1) is 25.6. The van der Waals surface area contributed by atoms with Gasteiger partial charge < -0.3 is 34.3 Å². The highest BCUT2D eigenvalue weighted by Crippen LogP contribution is 2.64. The third kappa shape index (κ3) is 7.51. The van der Waals surface area contributed by atoms with Crippen molar-refractivity contribution in [2.24, 2.45) is 0 Å². The van der Waals surface area contributed by atoms with Crippen molar-refractivity contribution in [1.82, 2.24) is 9.55 Å². The standard InChI is InChI=1S/C10H17N2O14P3S/c1-5-4-12(10(15)11-8(5)13)7-3-2-6(23-7)9(14)24-30-29(21,22)26-28(19,20)25-27(16,17)18/h4,6-7,9,14H,2-3H2,1H3,(H5-,11,13,15,16,17,18,19,20,21,22)/t6-,7+,9?/m0/s1. The minimum absolute atomic E-state index is 0.118. The first-order chi connectivity index (χ1) is 13.6. The minimum Gasteiger partial charge on any atom is -0.739 e. The molecule has 2 heterocycles. The van der Waals surface area contributed by atoms with E-state index in [1.165, 1.54) is 13.1 Å². The summed E-state index contributed by atoms with van der Waals surface area (Å²) >= 11 is -0.491. The Kier molecular flexibility index (Phi) is 8.11. The second-order valence-corrected chi connectivity index (χ2v) is 12.2. The molecule has 20 heteroatoms. The third-order valence-corrected chi connectivity index (χ3v) is 8.68. The molecule has 5 atom stereocenters. The quantitative estimate of drug-likeness (QED) is 0.0961. The molecule has 6 N–H and O–H groups in total. The van der Waals surface area contributed by atoms with Crippen LogP contribution in [-0.2, 0) is 37.9 Å². The molecule has 0 aliphatic carbocycles. The summed E-state index contributed by atoms with van der Waals surface area (Å²) < 4.78 is 40.1. The monoisotopic (exact) mass is 514 g/mol. The number of aromatic amines is 1. The number of aryl methyl sites for hydroxylation is 1. The van der Waals surface area contributed by atoms with Gasteiger partial charge in [-0.3, -0.25) is 14.3 Å². The highest BCUT2D eigenvalue weighted by molar-refractivity contribution is 8.14. The zero-order chi connectivity index (χ0) is 22.9. The number of aliphatic hydroxyl groups excluding tert-OH is 1. The lowest BCUT2D eigenvalue weighted by atomic mass is 10.2. The lowest BCUT2D eigenvalue weighted by molar-refractivity contribution is -0.195. The van der Waals surface area contributed by atoms with Crippen LogP contribution in [0.25, 0.3) is 0 Å². The summed E-state index contributed by atoms with van der Waals surface area (Å²) in [4.78, 5) is 72.5. The van der Waals surface area contributed by atoms with Crippen LogP contribution < -0.4 is 16.1 Å². The van der Waals surface area contributed by atoms with Gasteiger partial charge in [0.25, 0.3) is 5.56 Å². The maximum absolute atomic E-state index is 11.9. The first-order valence-electron chi connectivity index (χ1n) is 7.73. The zero-order valence-electron chi connectivity index (χ0n) is 14.8. The SMILES string of the molecule is Cc1cn([C@H]2CC[C@@H](C(O)O[S+]=P([O-])(O)OP(=O)(O)OP(=O)(O)O)O2)c(=O)[nH]c1=O. The highest BCUT2D eigenvalue weighted by Gasteiger charge is 2.40. The van der Waals surface area contributed by atoms with E-state index in [0.717, 1.165) is 4.57 Å². The van der Waals surface area contributed by atoms with Gasteiger partial charge in [0.2, 0.25) is 6.29 Å². The predicted octanol–water partition coefficient (Wildman–Crippen LogP) is -1.89. The lowest BCUT2D eigenvalue weighted by Crippen LogP contribution is -2.34. The van der Waals surface area contributed by atoms with Crippen molar-refractivity contribution in [2.75, 3.05) is 0 Å². The number of nitrogens with one attached hydrogen (secondary N) is 1. The van der Waals surface area contributed by atoms with Gasteiger partial charge in [-0.25, -0.2) is 18.2 Å². The fourth-order valence-electron chi connectivity index (χ4n) is 2.31. The third-order valence-electron chi connectivity index (χ3n) is 3.46. The van der Waals surface area contributed by atoms with E-state index < -0.39 is 63.5 Å². The van der Waals surface area contributed by atoms with Gasteiger partial charge >= 0.3 is 39.3 Å². The molecule has 1 aromatic heterocycles. The van der Waals surface area contributed by atoms with Crippen molar-refractivity contribution in [3.05, 3.63) is 32.6 Å². The molecule has 0 radical (unpaired) electrons. The van der Waals surface area contributed by atoms with Crippen LogP contribution in [0, 0.1) is 6.92 Å². The molecule has 3 unspecified atom stereocenters. The molecule has 1 aromatic rings. The summed E-state index contributed by atoms with van der Waals surface area (Å²) in [5.74, 6) is 0. The summed E-state index contributed by atoms with van der Waals surface area (Å²) in [6, 6.07) is 0. The number of aliphatic hydroxyl groups is 1. The average molecular weight is 514 g/mol. The van der Waals surface area contributed by atoms with Crippen LogP contribution in [0.3, 0.4) is 0 Å². The number of rotatable bonds is 8. The topological polar surface area (TPSA) is 250 Å².